The van der Waals surface area contributed by atoms with Gasteiger partial charge in [0.2, 0.25) is 0 Å². The molecule has 0 saturated heterocycles. The zero-order valence-corrected chi connectivity index (χ0v) is 17.8. The highest BCUT2D eigenvalue weighted by Crippen LogP contribution is 2.40. The maximum absolute atomic E-state index is 13.3. The number of halogens is 3. The van der Waals surface area contributed by atoms with E-state index in [1.165, 1.54) is 25.4 Å². The molecule has 0 saturated carbocycles. The minimum atomic E-state index is -4.62. The van der Waals surface area contributed by atoms with Crippen LogP contribution in [0, 0.1) is 18.3 Å². The first kappa shape index (κ1) is 21.9. The third kappa shape index (κ3) is 4.52. The summed E-state index contributed by atoms with van der Waals surface area (Å²) in [6.45, 7) is 1.47. The molecule has 1 aromatic carbocycles. The summed E-state index contributed by atoms with van der Waals surface area (Å²) in [6, 6.07) is 7.97. The molecule has 2 aromatic heterocycles. The van der Waals surface area contributed by atoms with Gasteiger partial charge in [0, 0.05) is 16.8 Å². The number of thiazole rings is 1. The number of rotatable bonds is 6. The maximum atomic E-state index is 13.3. The molecule has 0 amide bonds. The summed E-state index contributed by atoms with van der Waals surface area (Å²) in [5.74, 6) is 1.39. The monoisotopic (exact) mass is 451 g/mol. The quantitative estimate of drug-likeness (QED) is 0.447. The van der Waals surface area contributed by atoms with Crippen LogP contribution in [0.3, 0.4) is 0 Å². The number of ether oxygens (including phenoxy) is 2. The SMILES string of the molecule is COc1cccc(-c2nc(CSc3nc(C)cc(C(F)(F)F)c3C#N)cs2)c1OC. The van der Waals surface area contributed by atoms with E-state index >= 15 is 0 Å². The number of hydrogen-bond donors (Lipinski definition) is 0. The van der Waals surface area contributed by atoms with Gasteiger partial charge in [0.05, 0.1) is 36.6 Å². The van der Waals surface area contributed by atoms with Gasteiger partial charge in [0.15, 0.2) is 11.5 Å². The van der Waals surface area contributed by atoms with Crippen molar-refractivity contribution in [2.24, 2.45) is 0 Å². The van der Waals surface area contributed by atoms with Crippen LogP contribution < -0.4 is 9.47 Å². The highest BCUT2D eigenvalue weighted by Gasteiger charge is 2.35. The summed E-state index contributed by atoms with van der Waals surface area (Å²) in [6.07, 6.45) is -4.62. The summed E-state index contributed by atoms with van der Waals surface area (Å²) in [7, 11) is 3.08. The number of pyridine rings is 1. The van der Waals surface area contributed by atoms with E-state index in [0.717, 1.165) is 23.4 Å². The van der Waals surface area contributed by atoms with E-state index < -0.39 is 17.3 Å². The number of nitriles is 1. The first-order valence-corrected chi connectivity index (χ1v) is 10.4. The molecule has 3 aromatic rings. The fraction of sp³-hybridized carbons (Fsp3) is 0.250. The molecule has 0 bridgehead atoms. The van der Waals surface area contributed by atoms with E-state index in [-0.39, 0.29) is 16.5 Å². The van der Waals surface area contributed by atoms with Crippen LogP contribution in [0.1, 0.15) is 22.5 Å². The lowest BCUT2D eigenvalue weighted by Gasteiger charge is -2.12. The van der Waals surface area contributed by atoms with Gasteiger partial charge in [-0.25, -0.2) is 9.97 Å². The van der Waals surface area contributed by atoms with Crippen molar-refractivity contribution < 1.29 is 22.6 Å². The Balaban J connectivity index is 1.87. The summed E-state index contributed by atoms with van der Waals surface area (Å²) in [5, 5.41) is 11.8. The van der Waals surface area contributed by atoms with Crippen LogP contribution in [0.5, 0.6) is 11.5 Å². The van der Waals surface area contributed by atoms with Crippen LogP contribution in [-0.2, 0) is 11.9 Å². The summed E-state index contributed by atoms with van der Waals surface area (Å²) in [5.41, 5.74) is 0.168. The molecule has 0 spiro atoms. The molecule has 2 heterocycles. The molecule has 10 heteroatoms. The molecule has 0 N–H and O–H groups in total. The van der Waals surface area contributed by atoms with Crippen molar-refractivity contribution in [3.63, 3.8) is 0 Å². The Morgan fingerprint density at radius 3 is 2.60 bits per heavy atom. The Morgan fingerprint density at radius 1 is 1.20 bits per heavy atom. The van der Waals surface area contributed by atoms with Crippen LogP contribution >= 0.6 is 23.1 Å². The van der Waals surface area contributed by atoms with E-state index in [1.54, 1.807) is 19.2 Å². The largest absolute Gasteiger partial charge is 0.493 e. The third-order valence-electron chi connectivity index (χ3n) is 4.07. The summed E-state index contributed by atoms with van der Waals surface area (Å²) in [4.78, 5) is 8.69. The van der Waals surface area contributed by atoms with E-state index in [4.69, 9.17) is 9.47 Å². The Morgan fingerprint density at radius 2 is 1.97 bits per heavy atom. The molecule has 0 fully saturated rings. The number of alkyl halides is 3. The highest BCUT2D eigenvalue weighted by molar-refractivity contribution is 7.98. The van der Waals surface area contributed by atoms with E-state index in [9.17, 15) is 18.4 Å². The fourth-order valence-corrected chi connectivity index (χ4v) is 4.66. The van der Waals surface area contributed by atoms with E-state index in [2.05, 4.69) is 9.97 Å². The average Bonchev–Trinajstić information content (AvgIpc) is 3.19. The number of hydrogen-bond acceptors (Lipinski definition) is 7. The molecular formula is C20H16F3N3O2S2. The van der Waals surface area contributed by atoms with Crippen LogP contribution in [0.25, 0.3) is 10.6 Å². The number of aryl methyl sites for hydroxylation is 1. The van der Waals surface area contributed by atoms with Gasteiger partial charge in [-0.05, 0) is 25.1 Å². The second-order valence-electron chi connectivity index (χ2n) is 6.07. The van der Waals surface area contributed by atoms with Crippen LogP contribution in [0.2, 0.25) is 0 Å². The second kappa shape index (κ2) is 8.93. The smallest absolute Gasteiger partial charge is 0.417 e. The fourth-order valence-electron chi connectivity index (χ4n) is 2.78. The molecule has 5 nitrogen and oxygen atoms in total. The molecular weight excluding hydrogens is 435 g/mol. The first-order valence-electron chi connectivity index (χ1n) is 8.56. The van der Waals surface area contributed by atoms with Gasteiger partial charge in [0.1, 0.15) is 16.1 Å². The highest BCUT2D eigenvalue weighted by atomic mass is 32.2. The van der Waals surface area contributed by atoms with Gasteiger partial charge >= 0.3 is 6.18 Å². The molecule has 0 aliphatic carbocycles. The number of methoxy groups -OCH3 is 2. The lowest BCUT2D eigenvalue weighted by atomic mass is 10.1. The second-order valence-corrected chi connectivity index (χ2v) is 7.90. The van der Waals surface area contributed by atoms with Crippen molar-refractivity contribution in [3.05, 3.63) is 52.2 Å². The van der Waals surface area contributed by atoms with Crippen LogP contribution in [0.4, 0.5) is 13.2 Å². The predicted molar refractivity (Wildman–Crippen MR) is 109 cm³/mol. The van der Waals surface area contributed by atoms with E-state index in [0.29, 0.717) is 22.2 Å². The van der Waals surface area contributed by atoms with Crippen LogP contribution in [0.15, 0.2) is 34.7 Å². The van der Waals surface area contributed by atoms with Gasteiger partial charge in [0.25, 0.3) is 0 Å². The lowest BCUT2D eigenvalue weighted by Crippen LogP contribution is -2.10. The van der Waals surface area contributed by atoms with Gasteiger partial charge in [-0.1, -0.05) is 17.8 Å². The van der Waals surface area contributed by atoms with Gasteiger partial charge in [-0.2, -0.15) is 18.4 Å². The molecule has 0 radical (unpaired) electrons. The van der Waals surface area contributed by atoms with Crippen molar-refractivity contribution in [3.8, 4) is 28.1 Å². The first-order chi connectivity index (χ1) is 14.3. The zero-order valence-electron chi connectivity index (χ0n) is 16.2. The number of benzene rings is 1. The molecule has 0 aliphatic heterocycles. The Bertz CT molecular complexity index is 1110. The maximum Gasteiger partial charge on any atom is 0.417 e. The number of nitrogens with zero attached hydrogens (tertiary/aromatic N) is 3. The van der Waals surface area contributed by atoms with Gasteiger partial charge in [-0.15, -0.1) is 11.3 Å². The summed E-state index contributed by atoms with van der Waals surface area (Å²) >= 11 is 2.43. The Hall–Kier alpha value is -2.77. The van der Waals surface area contributed by atoms with Crippen molar-refractivity contribution in [2.45, 2.75) is 23.9 Å². The molecule has 3 rings (SSSR count). The normalized spacial score (nSPS) is 11.2. The van der Waals surface area contributed by atoms with Crippen LogP contribution in [-0.4, -0.2) is 24.2 Å². The minimum Gasteiger partial charge on any atom is -0.493 e. The van der Waals surface area contributed by atoms with Crippen molar-refractivity contribution in [1.29, 1.82) is 5.26 Å². The van der Waals surface area contributed by atoms with Crippen molar-refractivity contribution in [2.75, 3.05) is 14.2 Å². The lowest BCUT2D eigenvalue weighted by molar-refractivity contribution is -0.138. The topological polar surface area (TPSA) is 68.0 Å². The molecule has 30 heavy (non-hydrogen) atoms. The molecule has 156 valence electrons. The standard InChI is InChI=1S/C20H16F3N3O2S2/c1-11-7-15(20(21,22)23)14(8-24)19(25-11)30-10-12-9-29-18(26-12)13-5-4-6-16(27-2)17(13)28-3/h4-7,9H,10H2,1-3H3. The van der Waals surface area contributed by atoms with Gasteiger partial charge < -0.3 is 9.47 Å². The predicted octanol–water partition coefficient (Wildman–Crippen LogP) is 5.71. The molecule has 0 unspecified atom stereocenters. The zero-order chi connectivity index (χ0) is 21.9. The number of para-hydroxylation sites is 1. The average molecular weight is 451 g/mol. The number of aromatic nitrogens is 2. The number of thioether (sulfide) groups is 1. The molecule has 0 atom stereocenters. The summed E-state index contributed by atoms with van der Waals surface area (Å²) < 4.78 is 50.5. The Labute approximate surface area is 179 Å². The minimum absolute atomic E-state index is 0.0401. The third-order valence-corrected chi connectivity index (χ3v) is 6.01. The van der Waals surface area contributed by atoms with E-state index in [1.807, 2.05) is 17.5 Å². The Kier molecular flexibility index (Phi) is 6.53. The molecule has 0 aliphatic rings. The van der Waals surface area contributed by atoms with Gasteiger partial charge in [-0.3, -0.25) is 0 Å². The van der Waals surface area contributed by atoms with Crippen molar-refractivity contribution >= 4 is 23.1 Å². The van der Waals surface area contributed by atoms with Crippen molar-refractivity contribution in [1.82, 2.24) is 9.97 Å².